The maximum absolute atomic E-state index is 6.19. The van der Waals surface area contributed by atoms with Gasteiger partial charge in [0.15, 0.2) is 0 Å². The molecule has 3 rings (SSSR count). The number of benzene rings is 3. The van der Waals surface area contributed by atoms with Crippen LogP contribution in [0.2, 0.25) is 0 Å². The zero-order valence-electron chi connectivity index (χ0n) is 27.0. The lowest BCUT2D eigenvalue weighted by molar-refractivity contribution is 0.0627. The molecule has 1 unspecified atom stereocenters. The van der Waals surface area contributed by atoms with E-state index in [1.165, 1.54) is 118 Å². The van der Waals surface area contributed by atoms with Crippen molar-refractivity contribution in [2.24, 2.45) is 0 Å². The van der Waals surface area contributed by atoms with Gasteiger partial charge < -0.3 is 9.47 Å². The van der Waals surface area contributed by atoms with E-state index in [4.69, 9.17) is 9.47 Å². The van der Waals surface area contributed by atoms with Gasteiger partial charge in [-0.25, -0.2) is 0 Å². The monoisotopic (exact) mass is 570 g/mol. The van der Waals surface area contributed by atoms with Crippen molar-refractivity contribution in [3.63, 3.8) is 0 Å². The third kappa shape index (κ3) is 12.7. The summed E-state index contributed by atoms with van der Waals surface area (Å²) < 4.78 is 12.2. The van der Waals surface area contributed by atoms with Crippen molar-refractivity contribution in [2.75, 3.05) is 13.2 Å². The minimum absolute atomic E-state index is 0.122. The fourth-order valence-electron chi connectivity index (χ4n) is 5.67. The first-order valence-corrected chi connectivity index (χ1v) is 17.3. The second-order valence-corrected chi connectivity index (χ2v) is 12.0. The predicted molar refractivity (Wildman–Crippen MR) is 182 cm³/mol. The van der Waals surface area contributed by atoms with E-state index in [0.717, 1.165) is 31.8 Å². The van der Waals surface area contributed by atoms with Crippen molar-refractivity contribution >= 4 is 0 Å². The van der Waals surface area contributed by atoms with Gasteiger partial charge in [0.2, 0.25) is 0 Å². The van der Waals surface area contributed by atoms with Crippen molar-refractivity contribution in [2.45, 2.75) is 130 Å². The Bertz CT molecular complexity index is 1070. The number of rotatable bonds is 23. The lowest BCUT2D eigenvalue weighted by atomic mass is 9.94. The number of unbranched alkanes of at least 4 members (excludes halogenated alkanes) is 14. The molecule has 230 valence electrons. The Labute approximate surface area is 258 Å². The molecule has 1 atom stereocenters. The van der Waals surface area contributed by atoms with Gasteiger partial charge in [-0.3, -0.25) is 0 Å². The number of hydrogen-bond donors (Lipinski definition) is 0. The molecule has 0 aliphatic rings. The van der Waals surface area contributed by atoms with E-state index in [9.17, 15) is 0 Å². The molecule has 0 N–H and O–H groups in total. The predicted octanol–water partition coefficient (Wildman–Crippen LogP) is 12.8. The Balaban J connectivity index is 1.42. The summed E-state index contributed by atoms with van der Waals surface area (Å²) in [5.41, 5.74) is 6.20. The average molecular weight is 571 g/mol. The fourth-order valence-corrected chi connectivity index (χ4v) is 5.67. The molecule has 0 saturated carbocycles. The van der Waals surface area contributed by atoms with E-state index >= 15 is 0 Å². The molecule has 2 nitrogen and oxygen atoms in total. The second-order valence-electron chi connectivity index (χ2n) is 12.0. The highest BCUT2D eigenvalue weighted by Crippen LogP contribution is 2.33. The molecule has 2 heteroatoms. The van der Waals surface area contributed by atoms with Gasteiger partial charge in [0.05, 0.1) is 12.7 Å². The summed E-state index contributed by atoms with van der Waals surface area (Å²) in [5.74, 6) is 0.959. The van der Waals surface area contributed by atoms with Crippen LogP contribution in [0.4, 0.5) is 0 Å². The Morgan fingerprint density at radius 3 is 1.40 bits per heavy atom. The van der Waals surface area contributed by atoms with Crippen molar-refractivity contribution in [1.82, 2.24) is 0 Å². The molecule has 0 spiro atoms. The highest BCUT2D eigenvalue weighted by molar-refractivity contribution is 5.83. The van der Waals surface area contributed by atoms with Gasteiger partial charge in [0.1, 0.15) is 5.75 Å². The Hall–Kier alpha value is -2.58. The van der Waals surface area contributed by atoms with E-state index in [0.29, 0.717) is 0 Å². The Morgan fingerprint density at radius 2 is 0.905 bits per heavy atom. The molecule has 3 aromatic rings. The van der Waals surface area contributed by atoms with Crippen molar-refractivity contribution in [1.29, 1.82) is 0 Å². The molecular weight excluding hydrogens is 512 g/mol. The van der Waals surface area contributed by atoms with Crippen LogP contribution in [0.15, 0.2) is 72.8 Å². The highest BCUT2D eigenvalue weighted by Gasteiger charge is 2.10. The SMILES string of the molecule is CCCCCCCCCCCCOC(C)c1ccc(-c2ccccc2-c2ccc(OCCCCCCCC)cc2)cc1. The molecule has 0 bridgehead atoms. The average Bonchev–Trinajstić information content (AvgIpc) is 3.03. The lowest BCUT2D eigenvalue weighted by Gasteiger charge is -2.15. The minimum atomic E-state index is 0.122. The normalized spacial score (nSPS) is 12.0. The molecule has 42 heavy (non-hydrogen) atoms. The van der Waals surface area contributed by atoms with Crippen molar-refractivity contribution in [3.8, 4) is 28.0 Å². The third-order valence-electron chi connectivity index (χ3n) is 8.42. The van der Waals surface area contributed by atoms with Crippen LogP contribution in [0.25, 0.3) is 22.3 Å². The molecule has 0 saturated heterocycles. The molecule has 0 amide bonds. The first-order valence-electron chi connectivity index (χ1n) is 17.3. The van der Waals surface area contributed by atoms with Crippen LogP contribution in [-0.4, -0.2) is 13.2 Å². The van der Waals surface area contributed by atoms with Gasteiger partial charge in [-0.15, -0.1) is 0 Å². The van der Waals surface area contributed by atoms with Gasteiger partial charge in [0, 0.05) is 6.61 Å². The molecule has 0 aliphatic heterocycles. The molecule has 0 radical (unpaired) electrons. The smallest absolute Gasteiger partial charge is 0.119 e. The van der Waals surface area contributed by atoms with Gasteiger partial charge in [-0.05, 0) is 59.7 Å². The summed E-state index contributed by atoms with van der Waals surface area (Å²) in [6.07, 6.45) is 21.4. The quantitative estimate of drug-likeness (QED) is 0.106. The number of ether oxygens (including phenoxy) is 2. The summed E-state index contributed by atoms with van der Waals surface area (Å²) in [4.78, 5) is 0. The van der Waals surface area contributed by atoms with Crippen LogP contribution in [0.3, 0.4) is 0 Å². The highest BCUT2D eigenvalue weighted by atomic mass is 16.5. The van der Waals surface area contributed by atoms with E-state index < -0.39 is 0 Å². The lowest BCUT2D eigenvalue weighted by Crippen LogP contribution is -2.02. The molecule has 0 aliphatic carbocycles. The van der Waals surface area contributed by atoms with Crippen LogP contribution in [0.5, 0.6) is 5.75 Å². The van der Waals surface area contributed by atoms with Crippen LogP contribution in [0.1, 0.15) is 135 Å². The third-order valence-corrected chi connectivity index (χ3v) is 8.42. The van der Waals surface area contributed by atoms with E-state index in [1.807, 2.05) is 0 Å². The maximum Gasteiger partial charge on any atom is 0.119 e. The molecule has 3 aromatic carbocycles. The van der Waals surface area contributed by atoms with Gasteiger partial charge in [-0.2, -0.15) is 0 Å². The summed E-state index contributed by atoms with van der Waals surface area (Å²) in [7, 11) is 0. The van der Waals surface area contributed by atoms with Crippen molar-refractivity contribution in [3.05, 3.63) is 78.4 Å². The van der Waals surface area contributed by atoms with Gasteiger partial charge >= 0.3 is 0 Å². The minimum Gasteiger partial charge on any atom is -0.494 e. The molecule has 0 fully saturated rings. The zero-order valence-corrected chi connectivity index (χ0v) is 27.0. The maximum atomic E-state index is 6.19. The largest absolute Gasteiger partial charge is 0.494 e. The van der Waals surface area contributed by atoms with Gasteiger partial charge in [-0.1, -0.05) is 164 Å². The summed E-state index contributed by atoms with van der Waals surface area (Å²) in [5, 5.41) is 0. The zero-order chi connectivity index (χ0) is 29.7. The first-order chi connectivity index (χ1) is 20.7. The summed E-state index contributed by atoms with van der Waals surface area (Å²) in [6, 6.07) is 26.2. The van der Waals surface area contributed by atoms with E-state index in [2.05, 4.69) is 93.6 Å². The molecule has 0 aromatic heterocycles. The standard InChI is InChI=1S/C40H58O2/c1-4-6-8-10-12-13-14-15-17-20-32-41-34(3)35-24-26-36(27-25-35)39-22-18-19-23-40(39)37-28-30-38(31-29-37)42-33-21-16-11-9-7-5-2/h18-19,22-31,34H,4-17,20-21,32-33H2,1-3H3. The molecular formula is C40H58O2. The van der Waals surface area contributed by atoms with Gasteiger partial charge in [0.25, 0.3) is 0 Å². The first kappa shape index (κ1) is 33.9. The Morgan fingerprint density at radius 1 is 0.476 bits per heavy atom. The topological polar surface area (TPSA) is 18.5 Å². The summed E-state index contributed by atoms with van der Waals surface area (Å²) in [6.45, 7) is 8.37. The Kier molecular flexibility index (Phi) is 17.1. The van der Waals surface area contributed by atoms with Crippen molar-refractivity contribution < 1.29 is 9.47 Å². The molecule has 0 heterocycles. The van der Waals surface area contributed by atoms with E-state index in [1.54, 1.807) is 0 Å². The van der Waals surface area contributed by atoms with Crippen LogP contribution in [-0.2, 0) is 4.74 Å². The summed E-state index contributed by atoms with van der Waals surface area (Å²) >= 11 is 0. The second kappa shape index (κ2) is 21.2. The fraction of sp³-hybridized carbons (Fsp3) is 0.550. The van der Waals surface area contributed by atoms with Crippen LogP contribution in [0, 0.1) is 0 Å². The van der Waals surface area contributed by atoms with Crippen LogP contribution < -0.4 is 4.74 Å². The van der Waals surface area contributed by atoms with E-state index in [-0.39, 0.29) is 6.10 Å². The van der Waals surface area contributed by atoms with Crippen LogP contribution >= 0.6 is 0 Å². The number of hydrogen-bond acceptors (Lipinski definition) is 2.